The second-order valence-electron chi connectivity index (χ2n) is 3.51. The molecule has 0 bridgehead atoms. The maximum absolute atomic E-state index is 5.34. The van der Waals surface area contributed by atoms with Crippen molar-refractivity contribution < 1.29 is 0 Å². The lowest BCUT2D eigenvalue weighted by molar-refractivity contribution is 0.612. The lowest BCUT2D eigenvalue weighted by Gasteiger charge is -1.96. The molecule has 0 heterocycles. The minimum Gasteiger partial charge on any atom is -0.330 e. The fourth-order valence-electron chi connectivity index (χ4n) is 1.17. The summed E-state index contributed by atoms with van der Waals surface area (Å²) in [5.74, 6) is 0. The van der Waals surface area contributed by atoms with Crippen LogP contribution in [-0.2, 0) is 0 Å². The van der Waals surface area contributed by atoms with Crippen molar-refractivity contribution in [1.82, 2.24) is 5.32 Å². The van der Waals surface area contributed by atoms with Crippen LogP contribution >= 0.6 is 0 Å². The van der Waals surface area contributed by atoms with Crippen LogP contribution in [0.15, 0.2) is 0 Å². The lowest BCUT2D eigenvalue weighted by Crippen LogP contribution is -2.09. The molecule has 0 aromatic carbocycles. The maximum Gasteiger partial charge on any atom is -0.00773 e. The van der Waals surface area contributed by atoms with Gasteiger partial charge in [-0.3, -0.25) is 0 Å². The highest BCUT2D eigenvalue weighted by atomic mass is 14.8. The van der Waals surface area contributed by atoms with Gasteiger partial charge in [0.25, 0.3) is 0 Å². The van der Waals surface area contributed by atoms with Crippen molar-refractivity contribution in [2.45, 2.75) is 59.3 Å². The second kappa shape index (κ2) is 18.7. The van der Waals surface area contributed by atoms with Gasteiger partial charge in [0, 0.05) is 0 Å². The standard InChI is InChI=1S/C8H19N.C4H11N/c1-2-3-4-5-6-7-8-9;1-3-5-4-2/h2-9H2,1H3;5H,3-4H2,1-2H3. The fourth-order valence-corrected chi connectivity index (χ4v) is 1.17. The maximum atomic E-state index is 5.34. The van der Waals surface area contributed by atoms with Crippen LogP contribution in [0.5, 0.6) is 0 Å². The van der Waals surface area contributed by atoms with Gasteiger partial charge in [-0.05, 0) is 26.1 Å². The first-order chi connectivity index (χ1) is 6.83. The highest BCUT2D eigenvalue weighted by molar-refractivity contribution is 4.43. The molecule has 88 valence electrons. The van der Waals surface area contributed by atoms with Gasteiger partial charge < -0.3 is 11.1 Å². The molecule has 0 aliphatic heterocycles. The van der Waals surface area contributed by atoms with Crippen molar-refractivity contribution >= 4 is 0 Å². The molecule has 0 aromatic rings. The lowest BCUT2D eigenvalue weighted by atomic mass is 10.1. The highest BCUT2D eigenvalue weighted by Crippen LogP contribution is 2.03. The van der Waals surface area contributed by atoms with E-state index in [0.29, 0.717) is 0 Å². The Bertz CT molecular complexity index is 66.7. The molecule has 0 fully saturated rings. The molecule has 0 radical (unpaired) electrons. The molecule has 0 spiro atoms. The highest BCUT2D eigenvalue weighted by Gasteiger charge is 1.85. The van der Waals surface area contributed by atoms with Gasteiger partial charge in [-0.25, -0.2) is 0 Å². The van der Waals surface area contributed by atoms with E-state index in [-0.39, 0.29) is 0 Å². The van der Waals surface area contributed by atoms with Crippen LogP contribution in [-0.4, -0.2) is 19.6 Å². The van der Waals surface area contributed by atoms with Gasteiger partial charge in [0.1, 0.15) is 0 Å². The van der Waals surface area contributed by atoms with Crippen molar-refractivity contribution in [1.29, 1.82) is 0 Å². The van der Waals surface area contributed by atoms with Crippen molar-refractivity contribution in [2.24, 2.45) is 5.73 Å². The van der Waals surface area contributed by atoms with Crippen molar-refractivity contribution in [3.8, 4) is 0 Å². The van der Waals surface area contributed by atoms with E-state index in [1.807, 2.05) is 0 Å². The zero-order chi connectivity index (χ0) is 11.1. The molecule has 0 aliphatic rings. The summed E-state index contributed by atoms with van der Waals surface area (Å²) in [4.78, 5) is 0. The molecule has 0 unspecified atom stereocenters. The molecule has 3 N–H and O–H groups in total. The number of rotatable bonds is 8. The predicted molar refractivity (Wildman–Crippen MR) is 66.6 cm³/mol. The molecular weight excluding hydrogens is 172 g/mol. The van der Waals surface area contributed by atoms with Crippen LogP contribution < -0.4 is 11.1 Å². The normalized spacial score (nSPS) is 9.43. The summed E-state index contributed by atoms with van der Waals surface area (Å²) in [6.07, 6.45) is 8.05. The molecule has 0 atom stereocenters. The van der Waals surface area contributed by atoms with Gasteiger partial charge in [0.05, 0.1) is 0 Å². The van der Waals surface area contributed by atoms with E-state index in [9.17, 15) is 0 Å². The Morgan fingerprint density at radius 1 is 0.786 bits per heavy atom. The Kier molecular flexibility index (Phi) is 21.8. The summed E-state index contributed by atoms with van der Waals surface area (Å²) in [5.41, 5.74) is 5.34. The Labute approximate surface area is 90.6 Å². The van der Waals surface area contributed by atoms with Crippen LogP contribution in [0.1, 0.15) is 59.3 Å². The largest absolute Gasteiger partial charge is 0.330 e. The van der Waals surface area contributed by atoms with Gasteiger partial charge >= 0.3 is 0 Å². The smallest absolute Gasteiger partial charge is 0.00773 e. The Morgan fingerprint density at radius 3 is 1.64 bits per heavy atom. The van der Waals surface area contributed by atoms with Crippen LogP contribution in [0.2, 0.25) is 0 Å². The number of nitrogens with two attached hydrogens (primary N) is 1. The van der Waals surface area contributed by atoms with E-state index >= 15 is 0 Å². The average molecular weight is 202 g/mol. The molecular formula is C12H30N2. The third-order valence-corrected chi connectivity index (χ3v) is 2.06. The first kappa shape index (κ1) is 16.4. The van der Waals surface area contributed by atoms with Crippen LogP contribution in [0.4, 0.5) is 0 Å². The third kappa shape index (κ3) is 22.7. The zero-order valence-electron chi connectivity index (χ0n) is 10.4. The van der Waals surface area contributed by atoms with Gasteiger partial charge in [-0.1, -0.05) is 52.9 Å². The molecule has 0 saturated carbocycles. The SMILES string of the molecule is CCCCCCCCN.CCNCC. The predicted octanol–water partition coefficient (Wildman–Crippen LogP) is 2.92. The summed E-state index contributed by atoms with van der Waals surface area (Å²) in [5, 5.41) is 3.11. The van der Waals surface area contributed by atoms with Crippen molar-refractivity contribution in [2.75, 3.05) is 19.6 Å². The monoisotopic (exact) mass is 202 g/mol. The Hall–Kier alpha value is -0.0800. The Balaban J connectivity index is 0. The molecule has 0 rings (SSSR count). The topological polar surface area (TPSA) is 38.0 Å². The zero-order valence-corrected chi connectivity index (χ0v) is 10.4. The third-order valence-electron chi connectivity index (χ3n) is 2.06. The minimum atomic E-state index is 0.867. The number of unbranched alkanes of at least 4 members (excludes halogenated alkanes) is 5. The molecule has 2 nitrogen and oxygen atoms in total. The van der Waals surface area contributed by atoms with E-state index in [1.54, 1.807) is 0 Å². The van der Waals surface area contributed by atoms with E-state index in [0.717, 1.165) is 19.6 Å². The van der Waals surface area contributed by atoms with E-state index in [2.05, 4.69) is 26.1 Å². The quantitative estimate of drug-likeness (QED) is 0.594. The van der Waals surface area contributed by atoms with E-state index < -0.39 is 0 Å². The van der Waals surface area contributed by atoms with Crippen LogP contribution in [0.25, 0.3) is 0 Å². The van der Waals surface area contributed by atoms with Gasteiger partial charge in [-0.2, -0.15) is 0 Å². The average Bonchev–Trinajstić information content (AvgIpc) is 2.20. The first-order valence-electron chi connectivity index (χ1n) is 6.24. The molecule has 0 aromatic heterocycles. The first-order valence-corrected chi connectivity index (χ1v) is 6.24. The number of hydrogen-bond donors (Lipinski definition) is 2. The fraction of sp³-hybridized carbons (Fsp3) is 1.00. The summed E-state index contributed by atoms with van der Waals surface area (Å²) in [6, 6.07) is 0. The minimum absolute atomic E-state index is 0.867. The Morgan fingerprint density at radius 2 is 1.29 bits per heavy atom. The number of hydrogen-bond acceptors (Lipinski definition) is 2. The number of nitrogens with one attached hydrogen (secondary N) is 1. The van der Waals surface area contributed by atoms with Crippen molar-refractivity contribution in [3.63, 3.8) is 0 Å². The van der Waals surface area contributed by atoms with Gasteiger partial charge in [0.15, 0.2) is 0 Å². The molecule has 0 aliphatic carbocycles. The van der Waals surface area contributed by atoms with E-state index in [1.165, 1.54) is 38.5 Å². The van der Waals surface area contributed by atoms with Crippen LogP contribution in [0, 0.1) is 0 Å². The summed E-state index contributed by atoms with van der Waals surface area (Å²) in [7, 11) is 0. The van der Waals surface area contributed by atoms with Crippen molar-refractivity contribution in [3.05, 3.63) is 0 Å². The van der Waals surface area contributed by atoms with Gasteiger partial charge in [-0.15, -0.1) is 0 Å². The molecule has 2 heteroatoms. The second-order valence-corrected chi connectivity index (χ2v) is 3.51. The summed E-state index contributed by atoms with van der Waals surface area (Å²) in [6.45, 7) is 9.50. The molecule has 0 saturated heterocycles. The summed E-state index contributed by atoms with van der Waals surface area (Å²) >= 11 is 0. The molecule has 14 heavy (non-hydrogen) atoms. The summed E-state index contributed by atoms with van der Waals surface area (Å²) < 4.78 is 0. The van der Waals surface area contributed by atoms with E-state index in [4.69, 9.17) is 5.73 Å². The van der Waals surface area contributed by atoms with Crippen LogP contribution in [0.3, 0.4) is 0 Å². The molecule has 0 amide bonds. The van der Waals surface area contributed by atoms with Gasteiger partial charge in [0.2, 0.25) is 0 Å².